The van der Waals surface area contributed by atoms with Gasteiger partial charge in [-0.1, -0.05) is 0 Å². The van der Waals surface area contributed by atoms with Crippen LogP contribution in [-0.4, -0.2) is 50.6 Å². The van der Waals surface area contributed by atoms with Crippen LogP contribution in [0.15, 0.2) is 0 Å². The van der Waals surface area contributed by atoms with Gasteiger partial charge in [0.25, 0.3) is 0 Å². The molecule has 21 heavy (non-hydrogen) atoms. The molecule has 1 saturated carbocycles. The first kappa shape index (κ1) is 17.8. The lowest BCUT2D eigenvalue weighted by atomic mass is 10.1. The maximum absolute atomic E-state index is 11.6. The maximum atomic E-state index is 11.6. The molecule has 0 amide bonds. The Morgan fingerprint density at radius 3 is 2.62 bits per heavy atom. The zero-order valence-electron chi connectivity index (χ0n) is 12.6. The second kappa shape index (κ2) is 10.5. The van der Waals surface area contributed by atoms with Gasteiger partial charge >= 0.3 is 5.97 Å². The Morgan fingerprint density at radius 2 is 1.95 bits per heavy atom. The number of hydrogen-bond acceptors (Lipinski definition) is 6. The summed E-state index contributed by atoms with van der Waals surface area (Å²) in [6.07, 6.45) is 2.53. The van der Waals surface area contributed by atoms with E-state index < -0.39 is 12.1 Å². The van der Waals surface area contributed by atoms with Crippen LogP contribution < -0.4 is 0 Å². The summed E-state index contributed by atoms with van der Waals surface area (Å²) in [6, 6.07) is 0. The lowest BCUT2D eigenvalue weighted by molar-refractivity contribution is -0.154. The molecule has 0 aromatic heterocycles. The third kappa shape index (κ3) is 7.92. The molecule has 1 aliphatic rings. The van der Waals surface area contributed by atoms with Crippen LogP contribution >= 0.6 is 0 Å². The molecule has 1 fully saturated rings. The second-order valence-corrected chi connectivity index (χ2v) is 5.08. The largest absolute Gasteiger partial charge is 0.454 e. The number of methoxy groups -OCH3 is 1. The van der Waals surface area contributed by atoms with E-state index >= 15 is 0 Å². The number of rotatable bonds is 11. The van der Waals surface area contributed by atoms with Crippen LogP contribution in [0.3, 0.4) is 0 Å². The van der Waals surface area contributed by atoms with Gasteiger partial charge in [0.15, 0.2) is 11.9 Å². The van der Waals surface area contributed by atoms with Gasteiger partial charge in [0.2, 0.25) is 0 Å². The first-order chi connectivity index (χ1) is 10.1. The minimum atomic E-state index is -0.582. The Hall–Kier alpha value is -1.27. The lowest BCUT2D eigenvalue weighted by Gasteiger charge is -2.09. The number of ketones is 2. The van der Waals surface area contributed by atoms with Crippen molar-refractivity contribution in [3.05, 3.63) is 0 Å². The van der Waals surface area contributed by atoms with Crippen molar-refractivity contribution in [3.8, 4) is 0 Å². The smallest absolute Gasteiger partial charge is 0.306 e. The van der Waals surface area contributed by atoms with Crippen LogP contribution in [0.1, 0.15) is 44.9 Å². The molecule has 6 heteroatoms. The van der Waals surface area contributed by atoms with Crippen molar-refractivity contribution in [3.63, 3.8) is 0 Å². The quantitative estimate of drug-likeness (QED) is 0.424. The fourth-order valence-electron chi connectivity index (χ4n) is 2.11. The Bertz CT molecular complexity index is 352. The van der Waals surface area contributed by atoms with E-state index in [4.69, 9.17) is 14.2 Å². The number of esters is 1. The molecule has 0 N–H and O–H groups in total. The summed E-state index contributed by atoms with van der Waals surface area (Å²) in [7, 11) is 1.60. The molecular weight excluding hydrogens is 276 g/mol. The van der Waals surface area contributed by atoms with Crippen LogP contribution in [0.4, 0.5) is 0 Å². The van der Waals surface area contributed by atoms with E-state index in [0.717, 1.165) is 6.42 Å². The third-order valence-electron chi connectivity index (χ3n) is 3.31. The van der Waals surface area contributed by atoms with E-state index in [1.165, 1.54) is 0 Å². The Kier molecular flexibility index (Phi) is 8.85. The molecule has 0 bridgehead atoms. The number of carbonyl (C=O) groups excluding carboxylic acids is 3. The van der Waals surface area contributed by atoms with Crippen molar-refractivity contribution in [1.29, 1.82) is 0 Å². The molecule has 0 aromatic carbocycles. The van der Waals surface area contributed by atoms with Gasteiger partial charge in [0.1, 0.15) is 5.78 Å². The monoisotopic (exact) mass is 300 g/mol. The highest BCUT2D eigenvalue weighted by Crippen LogP contribution is 2.18. The van der Waals surface area contributed by atoms with Gasteiger partial charge < -0.3 is 14.2 Å². The minimum absolute atomic E-state index is 0.0112. The second-order valence-electron chi connectivity index (χ2n) is 5.08. The van der Waals surface area contributed by atoms with Crippen molar-refractivity contribution in [2.75, 3.05) is 26.9 Å². The SMILES string of the molecule is COCCOCCCC(=O)CCC(=O)OC1CCCC1=O. The number of hydrogen-bond donors (Lipinski definition) is 0. The highest BCUT2D eigenvalue weighted by molar-refractivity contribution is 5.88. The van der Waals surface area contributed by atoms with Gasteiger partial charge in [0, 0.05) is 33.0 Å². The molecule has 6 nitrogen and oxygen atoms in total. The summed E-state index contributed by atoms with van der Waals surface area (Å²) in [4.78, 5) is 34.4. The first-order valence-corrected chi connectivity index (χ1v) is 7.44. The van der Waals surface area contributed by atoms with E-state index in [1.54, 1.807) is 7.11 Å². The van der Waals surface area contributed by atoms with Crippen molar-refractivity contribution in [2.45, 2.75) is 51.0 Å². The summed E-state index contributed by atoms with van der Waals surface area (Å²) in [6.45, 7) is 1.57. The molecule has 1 atom stereocenters. The van der Waals surface area contributed by atoms with Crippen LogP contribution in [0.25, 0.3) is 0 Å². The fraction of sp³-hybridized carbons (Fsp3) is 0.800. The molecule has 1 rings (SSSR count). The number of ether oxygens (including phenoxy) is 3. The highest BCUT2D eigenvalue weighted by atomic mass is 16.5. The van der Waals surface area contributed by atoms with Gasteiger partial charge in [-0.15, -0.1) is 0 Å². The number of carbonyl (C=O) groups is 3. The Labute approximate surface area is 125 Å². The Balaban J connectivity index is 2.01. The average molecular weight is 300 g/mol. The molecular formula is C15H24O6. The van der Waals surface area contributed by atoms with Gasteiger partial charge in [0.05, 0.1) is 19.6 Å². The Morgan fingerprint density at radius 1 is 1.14 bits per heavy atom. The molecule has 0 aliphatic heterocycles. The predicted octanol–water partition coefficient (Wildman–Crippen LogP) is 1.44. The third-order valence-corrected chi connectivity index (χ3v) is 3.31. The van der Waals surface area contributed by atoms with Crippen LogP contribution in [0, 0.1) is 0 Å². The fourth-order valence-corrected chi connectivity index (χ4v) is 2.11. The molecule has 0 radical (unpaired) electrons. The van der Waals surface area contributed by atoms with Crippen molar-refractivity contribution >= 4 is 17.5 Å². The van der Waals surface area contributed by atoms with Gasteiger partial charge in [-0.2, -0.15) is 0 Å². The van der Waals surface area contributed by atoms with Crippen LogP contribution in [0.2, 0.25) is 0 Å². The zero-order valence-corrected chi connectivity index (χ0v) is 12.6. The molecule has 0 saturated heterocycles. The van der Waals surface area contributed by atoms with Crippen LogP contribution in [-0.2, 0) is 28.6 Å². The summed E-state index contributed by atoms with van der Waals surface area (Å²) in [5.74, 6) is -0.456. The predicted molar refractivity (Wildman–Crippen MR) is 74.9 cm³/mol. The van der Waals surface area contributed by atoms with Gasteiger partial charge in [-0.25, -0.2) is 0 Å². The van der Waals surface area contributed by atoms with Crippen molar-refractivity contribution < 1.29 is 28.6 Å². The number of Topliss-reactive ketones (excluding diaryl/α,β-unsaturated/α-hetero) is 2. The van der Waals surface area contributed by atoms with E-state index in [9.17, 15) is 14.4 Å². The summed E-state index contributed by atoms with van der Waals surface area (Å²) in [5.41, 5.74) is 0. The standard InChI is InChI=1S/C15H24O6/c1-19-10-11-20-9-3-4-12(16)7-8-15(18)21-14-6-2-5-13(14)17/h14H,2-11H2,1H3. The van der Waals surface area contributed by atoms with Crippen molar-refractivity contribution in [1.82, 2.24) is 0 Å². The zero-order chi connectivity index (χ0) is 15.5. The molecule has 0 aromatic rings. The van der Waals surface area contributed by atoms with Crippen LogP contribution in [0.5, 0.6) is 0 Å². The van der Waals surface area contributed by atoms with Crippen molar-refractivity contribution in [2.24, 2.45) is 0 Å². The normalized spacial score (nSPS) is 18.0. The maximum Gasteiger partial charge on any atom is 0.306 e. The summed E-state index contributed by atoms with van der Waals surface area (Å²) < 4.78 is 15.1. The summed E-state index contributed by atoms with van der Waals surface area (Å²) in [5, 5.41) is 0. The highest BCUT2D eigenvalue weighted by Gasteiger charge is 2.27. The molecule has 1 aliphatic carbocycles. The van der Waals surface area contributed by atoms with Gasteiger partial charge in [-0.3, -0.25) is 14.4 Å². The molecule has 120 valence electrons. The topological polar surface area (TPSA) is 78.9 Å². The minimum Gasteiger partial charge on any atom is -0.454 e. The van der Waals surface area contributed by atoms with E-state index in [2.05, 4.69) is 0 Å². The van der Waals surface area contributed by atoms with E-state index in [-0.39, 0.29) is 24.4 Å². The molecule has 0 spiro atoms. The lowest BCUT2D eigenvalue weighted by Crippen LogP contribution is -2.22. The molecule has 1 unspecified atom stereocenters. The first-order valence-electron chi connectivity index (χ1n) is 7.44. The van der Waals surface area contributed by atoms with E-state index in [0.29, 0.717) is 45.5 Å². The summed E-state index contributed by atoms with van der Waals surface area (Å²) >= 11 is 0. The average Bonchev–Trinajstić information content (AvgIpc) is 2.86. The van der Waals surface area contributed by atoms with E-state index in [1.807, 2.05) is 0 Å². The molecule has 0 heterocycles. The van der Waals surface area contributed by atoms with Gasteiger partial charge in [-0.05, 0) is 19.3 Å².